The van der Waals surface area contributed by atoms with E-state index in [0.717, 1.165) is 0 Å². The molecule has 19 heavy (non-hydrogen) atoms. The summed E-state index contributed by atoms with van der Waals surface area (Å²) in [5.74, 6) is -1.68. The Morgan fingerprint density at radius 3 is 2.63 bits per heavy atom. The lowest BCUT2D eigenvalue weighted by atomic mass is 10.1. The lowest BCUT2D eigenvalue weighted by molar-refractivity contribution is -0.138. The molecular weight excluding hydrogens is 264 g/mol. The van der Waals surface area contributed by atoms with Gasteiger partial charge in [-0.15, -0.1) is 0 Å². The molecule has 2 rings (SSSR count). The van der Waals surface area contributed by atoms with E-state index in [1.807, 2.05) is 0 Å². The van der Waals surface area contributed by atoms with Crippen molar-refractivity contribution < 1.29 is 22.4 Å². The van der Waals surface area contributed by atoms with Crippen molar-refractivity contribution in [2.24, 2.45) is 0 Å². The molecular formula is C12H11F4N2O. The van der Waals surface area contributed by atoms with Gasteiger partial charge in [-0.1, -0.05) is 0 Å². The van der Waals surface area contributed by atoms with Crippen LogP contribution in [-0.4, -0.2) is 30.4 Å². The summed E-state index contributed by atoms with van der Waals surface area (Å²) in [6.45, 7) is 2.51. The SMILES string of the molecule is O=C(c1cc(F)ccc1C(F)(F)F)N1C[CH]NCC1. The summed E-state index contributed by atoms with van der Waals surface area (Å²) in [5, 5.41) is 2.86. The lowest BCUT2D eigenvalue weighted by Crippen LogP contribution is -2.44. The van der Waals surface area contributed by atoms with Gasteiger partial charge in [0, 0.05) is 26.2 Å². The van der Waals surface area contributed by atoms with Gasteiger partial charge >= 0.3 is 6.18 Å². The third-order valence-corrected chi connectivity index (χ3v) is 2.79. The van der Waals surface area contributed by atoms with E-state index in [0.29, 0.717) is 24.7 Å². The van der Waals surface area contributed by atoms with Gasteiger partial charge < -0.3 is 10.2 Å². The van der Waals surface area contributed by atoms with E-state index in [9.17, 15) is 22.4 Å². The molecule has 1 N–H and O–H groups in total. The summed E-state index contributed by atoms with van der Waals surface area (Å²) in [5.41, 5.74) is -1.76. The predicted molar refractivity (Wildman–Crippen MR) is 59.6 cm³/mol. The normalized spacial score (nSPS) is 16.5. The van der Waals surface area contributed by atoms with Crippen molar-refractivity contribution in [1.29, 1.82) is 0 Å². The van der Waals surface area contributed by atoms with Crippen LogP contribution in [0.15, 0.2) is 18.2 Å². The summed E-state index contributed by atoms with van der Waals surface area (Å²) >= 11 is 0. The molecule has 1 saturated heterocycles. The molecule has 0 bridgehead atoms. The molecule has 0 unspecified atom stereocenters. The molecule has 1 amide bonds. The molecule has 1 aliphatic rings. The van der Waals surface area contributed by atoms with Crippen molar-refractivity contribution >= 4 is 5.91 Å². The monoisotopic (exact) mass is 275 g/mol. The number of piperazine rings is 1. The van der Waals surface area contributed by atoms with Gasteiger partial charge in [0.05, 0.1) is 11.1 Å². The molecule has 0 spiro atoms. The van der Waals surface area contributed by atoms with Crippen molar-refractivity contribution in [3.8, 4) is 0 Å². The Labute approximate surface area is 107 Å². The van der Waals surface area contributed by atoms with Crippen molar-refractivity contribution in [2.75, 3.05) is 19.6 Å². The second kappa shape index (κ2) is 5.16. The summed E-state index contributed by atoms with van der Waals surface area (Å²) in [7, 11) is 0. The Bertz CT molecular complexity index is 481. The smallest absolute Gasteiger partial charge is 0.336 e. The van der Waals surface area contributed by atoms with Gasteiger partial charge in [0.15, 0.2) is 0 Å². The van der Waals surface area contributed by atoms with Crippen LogP contribution in [0.2, 0.25) is 0 Å². The summed E-state index contributed by atoms with van der Waals surface area (Å²) in [6, 6.07) is 1.92. The van der Waals surface area contributed by atoms with Gasteiger partial charge in [0.25, 0.3) is 5.91 Å². The first kappa shape index (κ1) is 13.8. The number of halogens is 4. The molecule has 0 saturated carbocycles. The van der Waals surface area contributed by atoms with Crippen LogP contribution in [0.25, 0.3) is 0 Å². The predicted octanol–water partition coefficient (Wildman–Crippen LogP) is 2.05. The van der Waals surface area contributed by atoms with Gasteiger partial charge in [-0.3, -0.25) is 4.79 Å². The Kier molecular flexibility index (Phi) is 3.75. The summed E-state index contributed by atoms with van der Waals surface area (Å²) in [4.78, 5) is 13.3. The van der Waals surface area contributed by atoms with Crippen LogP contribution in [-0.2, 0) is 6.18 Å². The molecule has 0 aromatic heterocycles. The number of carbonyl (C=O) groups excluding carboxylic acids is 1. The minimum atomic E-state index is -4.68. The molecule has 1 heterocycles. The lowest BCUT2D eigenvalue weighted by Gasteiger charge is -2.28. The molecule has 103 valence electrons. The highest BCUT2D eigenvalue weighted by molar-refractivity contribution is 5.96. The molecule has 0 aliphatic carbocycles. The van der Waals surface area contributed by atoms with Gasteiger partial charge in [0.1, 0.15) is 5.82 Å². The zero-order chi connectivity index (χ0) is 14.0. The maximum atomic E-state index is 13.1. The third-order valence-electron chi connectivity index (χ3n) is 2.79. The van der Waals surface area contributed by atoms with E-state index in [2.05, 4.69) is 5.32 Å². The first-order valence-electron chi connectivity index (χ1n) is 5.60. The summed E-state index contributed by atoms with van der Waals surface area (Å²) in [6.07, 6.45) is -4.68. The highest BCUT2D eigenvalue weighted by Crippen LogP contribution is 2.33. The molecule has 1 aliphatic heterocycles. The average molecular weight is 275 g/mol. The zero-order valence-corrected chi connectivity index (χ0v) is 9.80. The van der Waals surface area contributed by atoms with Crippen molar-refractivity contribution in [3.63, 3.8) is 0 Å². The maximum Gasteiger partial charge on any atom is 0.417 e. The second-order valence-corrected chi connectivity index (χ2v) is 4.10. The maximum absolute atomic E-state index is 13.1. The number of nitrogens with zero attached hydrogens (tertiary/aromatic N) is 1. The Balaban J connectivity index is 2.36. The van der Waals surface area contributed by atoms with Gasteiger partial charge in [-0.2, -0.15) is 13.2 Å². The molecule has 1 fully saturated rings. The standard InChI is InChI=1S/C12H11F4N2O/c13-8-1-2-10(12(14,15)16)9(7-8)11(19)18-5-3-17-4-6-18/h1-3,7,17H,4-6H2. The summed E-state index contributed by atoms with van der Waals surface area (Å²) < 4.78 is 51.5. The highest BCUT2D eigenvalue weighted by atomic mass is 19.4. The van der Waals surface area contributed by atoms with E-state index in [1.165, 1.54) is 4.90 Å². The van der Waals surface area contributed by atoms with E-state index >= 15 is 0 Å². The highest BCUT2D eigenvalue weighted by Gasteiger charge is 2.36. The van der Waals surface area contributed by atoms with Crippen LogP contribution in [0.1, 0.15) is 15.9 Å². The van der Waals surface area contributed by atoms with E-state index in [-0.39, 0.29) is 13.1 Å². The number of carbonyl (C=O) groups is 1. The fourth-order valence-electron chi connectivity index (χ4n) is 1.86. The van der Waals surface area contributed by atoms with E-state index < -0.39 is 29.0 Å². The number of rotatable bonds is 1. The first-order valence-corrected chi connectivity index (χ1v) is 5.60. The van der Waals surface area contributed by atoms with Crippen molar-refractivity contribution in [1.82, 2.24) is 10.2 Å². The van der Waals surface area contributed by atoms with Crippen LogP contribution in [0.3, 0.4) is 0 Å². The van der Waals surface area contributed by atoms with Crippen LogP contribution in [0.4, 0.5) is 17.6 Å². The number of nitrogens with one attached hydrogen (secondary N) is 1. The quantitative estimate of drug-likeness (QED) is 0.796. The molecule has 1 aromatic rings. The molecule has 1 radical (unpaired) electrons. The van der Waals surface area contributed by atoms with Crippen LogP contribution in [0.5, 0.6) is 0 Å². The fourth-order valence-corrected chi connectivity index (χ4v) is 1.86. The Hall–Kier alpha value is -1.63. The number of alkyl halides is 3. The van der Waals surface area contributed by atoms with E-state index in [4.69, 9.17) is 0 Å². The van der Waals surface area contributed by atoms with Crippen molar-refractivity contribution in [2.45, 2.75) is 6.18 Å². The van der Waals surface area contributed by atoms with Crippen LogP contribution in [0, 0.1) is 12.4 Å². The first-order chi connectivity index (χ1) is 8.89. The molecule has 1 aromatic carbocycles. The van der Waals surface area contributed by atoms with Gasteiger partial charge in [-0.25, -0.2) is 4.39 Å². The minimum absolute atomic E-state index is 0.187. The Morgan fingerprint density at radius 2 is 2.05 bits per heavy atom. The zero-order valence-electron chi connectivity index (χ0n) is 9.80. The Morgan fingerprint density at radius 1 is 1.32 bits per heavy atom. The van der Waals surface area contributed by atoms with Gasteiger partial charge in [0.2, 0.25) is 0 Å². The average Bonchev–Trinajstić information content (AvgIpc) is 2.37. The fraction of sp³-hybridized carbons (Fsp3) is 0.333. The number of hydrogen-bond acceptors (Lipinski definition) is 2. The third kappa shape index (κ3) is 3.04. The number of hydrogen-bond donors (Lipinski definition) is 1. The van der Waals surface area contributed by atoms with Crippen LogP contribution < -0.4 is 5.32 Å². The number of benzene rings is 1. The van der Waals surface area contributed by atoms with Gasteiger partial charge in [-0.05, 0) is 18.2 Å². The molecule has 0 atom stereocenters. The molecule has 3 nitrogen and oxygen atoms in total. The van der Waals surface area contributed by atoms with E-state index in [1.54, 1.807) is 6.54 Å². The second-order valence-electron chi connectivity index (χ2n) is 4.10. The number of amides is 1. The van der Waals surface area contributed by atoms with Crippen molar-refractivity contribution in [3.05, 3.63) is 41.7 Å². The molecule has 7 heteroatoms. The van der Waals surface area contributed by atoms with Crippen LogP contribution >= 0.6 is 0 Å². The minimum Gasteiger partial charge on any atom is -0.336 e. The largest absolute Gasteiger partial charge is 0.417 e. The topological polar surface area (TPSA) is 32.3 Å².